The van der Waals surface area contributed by atoms with Crippen LogP contribution < -0.4 is 0 Å². The van der Waals surface area contributed by atoms with Crippen molar-refractivity contribution in [2.45, 2.75) is 57.4 Å². The van der Waals surface area contributed by atoms with E-state index in [9.17, 15) is 19.2 Å². The van der Waals surface area contributed by atoms with Gasteiger partial charge in [0.2, 0.25) is 5.91 Å². The third-order valence-electron chi connectivity index (χ3n) is 7.72. The molecule has 5 rings (SSSR count). The highest BCUT2D eigenvalue weighted by atomic mass is 16.2. The zero-order valence-electron chi connectivity index (χ0n) is 20.7. The minimum Gasteiger partial charge on any atom is -0.339 e. The summed E-state index contributed by atoms with van der Waals surface area (Å²) in [4.78, 5) is 56.8. The summed E-state index contributed by atoms with van der Waals surface area (Å²) in [5.74, 6) is -0.546. The topological polar surface area (TPSA) is 78.0 Å². The second-order valence-corrected chi connectivity index (χ2v) is 10.0. The van der Waals surface area contributed by atoms with E-state index in [1.54, 1.807) is 23.1 Å². The van der Waals surface area contributed by atoms with Crippen LogP contribution in [0.4, 0.5) is 0 Å². The summed E-state index contributed by atoms with van der Waals surface area (Å²) >= 11 is 0. The van der Waals surface area contributed by atoms with Gasteiger partial charge in [0, 0.05) is 44.2 Å². The molecule has 0 spiro atoms. The Morgan fingerprint density at radius 3 is 2.17 bits per heavy atom. The average molecular weight is 488 g/mol. The predicted molar refractivity (Wildman–Crippen MR) is 136 cm³/mol. The van der Waals surface area contributed by atoms with Gasteiger partial charge in [-0.25, -0.2) is 0 Å². The van der Waals surface area contributed by atoms with E-state index in [-0.39, 0.29) is 29.7 Å². The van der Waals surface area contributed by atoms with Gasteiger partial charge in [0.05, 0.1) is 11.1 Å². The van der Waals surface area contributed by atoms with Gasteiger partial charge in [-0.3, -0.25) is 24.1 Å². The van der Waals surface area contributed by atoms with Crippen molar-refractivity contribution in [2.75, 3.05) is 26.2 Å². The Labute approximate surface area is 212 Å². The SMILES string of the molecule is O=C(CCCc1ccccc1)N1CCN(C(=O)c2ccc3c(c2)C(=O)N(C2CCCCC2)C3=O)CC1. The zero-order chi connectivity index (χ0) is 25.1. The minimum absolute atomic E-state index is 0.0383. The maximum Gasteiger partial charge on any atom is 0.261 e. The molecule has 2 fully saturated rings. The number of nitrogens with zero attached hydrogens (tertiary/aromatic N) is 3. The molecule has 0 radical (unpaired) electrons. The smallest absolute Gasteiger partial charge is 0.261 e. The highest BCUT2D eigenvalue weighted by molar-refractivity contribution is 6.22. The predicted octanol–water partition coefficient (Wildman–Crippen LogP) is 3.92. The third kappa shape index (κ3) is 4.92. The summed E-state index contributed by atoms with van der Waals surface area (Å²) in [6.45, 7) is 1.93. The molecule has 3 aliphatic rings. The van der Waals surface area contributed by atoms with E-state index in [0.29, 0.717) is 49.3 Å². The molecule has 7 nitrogen and oxygen atoms in total. The van der Waals surface area contributed by atoms with Crippen molar-refractivity contribution in [3.8, 4) is 0 Å². The second-order valence-electron chi connectivity index (χ2n) is 10.0. The van der Waals surface area contributed by atoms with E-state index in [4.69, 9.17) is 0 Å². The number of amides is 4. The summed E-state index contributed by atoms with van der Waals surface area (Å²) in [5.41, 5.74) is 2.39. The van der Waals surface area contributed by atoms with Crippen LogP contribution in [-0.2, 0) is 11.2 Å². The molecule has 0 aromatic heterocycles. The van der Waals surface area contributed by atoms with Crippen molar-refractivity contribution in [3.63, 3.8) is 0 Å². The Kier molecular flexibility index (Phi) is 7.16. The fraction of sp³-hybridized carbons (Fsp3) is 0.448. The Balaban J connectivity index is 1.16. The van der Waals surface area contributed by atoms with E-state index < -0.39 is 0 Å². The van der Waals surface area contributed by atoms with Crippen LogP contribution in [-0.4, -0.2) is 70.5 Å². The highest BCUT2D eigenvalue weighted by Gasteiger charge is 2.40. The van der Waals surface area contributed by atoms with Crippen LogP contribution in [0.15, 0.2) is 48.5 Å². The van der Waals surface area contributed by atoms with E-state index >= 15 is 0 Å². The van der Waals surface area contributed by atoms with Gasteiger partial charge in [0.25, 0.3) is 17.7 Å². The van der Waals surface area contributed by atoms with E-state index in [0.717, 1.165) is 44.9 Å². The van der Waals surface area contributed by atoms with E-state index in [1.165, 1.54) is 10.5 Å². The number of fused-ring (bicyclic) bond motifs is 1. The Hall–Kier alpha value is -3.48. The molecular weight excluding hydrogens is 454 g/mol. The van der Waals surface area contributed by atoms with Crippen molar-refractivity contribution < 1.29 is 19.2 Å². The number of hydrogen-bond donors (Lipinski definition) is 0. The largest absolute Gasteiger partial charge is 0.339 e. The van der Waals surface area contributed by atoms with Crippen LogP contribution in [0, 0.1) is 0 Å². The van der Waals surface area contributed by atoms with E-state index in [1.807, 2.05) is 23.1 Å². The third-order valence-corrected chi connectivity index (χ3v) is 7.72. The van der Waals surface area contributed by atoms with Crippen molar-refractivity contribution >= 4 is 23.6 Å². The number of rotatable bonds is 6. The number of carbonyl (C=O) groups is 4. The number of hydrogen-bond acceptors (Lipinski definition) is 4. The maximum atomic E-state index is 13.2. The van der Waals surface area contributed by atoms with E-state index in [2.05, 4.69) is 12.1 Å². The zero-order valence-corrected chi connectivity index (χ0v) is 20.7. The highest BCUT2D eigenvalue weighted by Crippen LogP contribution is 2.31. The molecular formula is C29H33N3O4. The quantitative estimate of drug-likeness (QED) is 0.579. The molecule has 1 saturated heterocycles. The van der Waals surface area contributed by atoms with Crippen LogP contribution in [0.1, 0.15) is 81.6 Å². The first-order chi connectivity index (χ1) is 17.5. The van der Waals surface area contributed by atoms with Gasteiger partial charge in [0.15, 0.2) is 0 Å². The Bertz CT molecular complexity index is 1150. The lowest BCUT2D eigenvalue weighted by molar-refractivity contribution is -0.132. The molecule has 4 amide bonds. The molecule has 0 N–H and O–H groups in total. The van der Waals surface area contributed by atoms with Gasteiger partial charge < -0.3 is 9.80 Å². The molecule has 0 atom stereocenters. The molecule has 188 valence electrons. The van der Waals surface area contributed by atoms with Gasteiger partial charge in [0.1, 0.15) is 0 Å². The summed E-state index contributed by atoms with van der Waals surface area (Å²) in [6.07, 6.45) is 7.10. The molecule has 2 aromatic rings. The fourth-order valence-corrected chi connectivity index (χ4v) is 5.65. The molecule has 7 heteroatoms. The first-order valence-electron chi connectivity index (χ1n) is 13.2. The lowest BCUT2D eigenvalue weighted by atomic mass is 9.94. The van der Waals surface area contributed by atoms with Crippen LogP contribution in [0.25, 0.3) is 0 Å². The molecule has 1 saturated carbocycles. The number of benzene rings is 2. The summed E-state index contributed by atoms with van der Waals surface area (Å²) < 4.78 is 0. The molecule has 0 unspecified atom stereocenters. The van der Waals surface area contributed by atoms with Crippen molar-refractivity contribution in [3.05, 3.63) is 70.8 Å². The molecule has 1 aliphatic carbocycles. The van der Waals surface area contributed by atoms with Crippen molar-refractivity contribution in [2.24, 2.45) is 0 Å². The van der Waals surface area contributed by atoms with Gasteiger partial charge in [-0.05, 0) is 49.4 Å². The number of aryl methyl sites for hydroxylation is 1. The summed E-state index contributed by atoms with van der Waals surface area (Å²) in [5, 5.41) is 0. The molecule has 2 heterocycles. The molecule has 2 aliphatic heterocycles. The number of carbonyl (C=O) groups excluding carboxylic acids is 4. The Morgan fingerprint density at radius 1 is 0.778 bits per heavy atom. The van der Waals surface area contributed by atoms with Crippen LogP contribution in [0.5, 0.6) is 0 Å². The standard InChI is InChI=1S/C29H33N3O4/c33-26(13-7-10-21-8-3-1-4-9-21)30-16-18-31(19-17-30)27(34)22-14-15-24-25(20-22)29(36)32(28(24)35)23-11-5-2-6-12-23/h1,3-4,8-9,14-15,20,23H,2,5-7,10-13,16-19H2. The molecule has 2 aromatic carbocycles. The normalized spacial score (nSPS) is 18.5. The van der Waals surface area contributed by atoms with Crippen LogP contribution >= 0.6 is 0 Å². The number of imide groups is 1. The maximum absolute atomic E-state index is 13.2. The van der Waals surface area contributed by atoms with Gasteiger partial charge in [-0.1, -0.05) is 49.6 Å². The lowest BCUT2D eigenvalue weighted by Gasteiger charge is -2.35. The summed E-state index contributed by atoms with van der Waals surface area (Å²) in [7, 11) is 0. The first kappa shape index (κ1) is 24.2. The Morgan fingerprint density at radius 2 is 1.44 bits per heavy atom. The van der Waals surface area contributed by atoms with Crippen molar-refractivity contribution in [1.82, 2.24) is 14.7 Å². The molecule has 36 heavy (non-hydrogen) atoms. The van der Waals surface area contributed by atoms with Crippen molar-refractivity contribution in [1.29, 1.82) is 0 Å². The van der Waals surface area contributed by atoms with Gasteiger partial charge in [-0.15, -0.1) is 0 Å². The average Bonchev–Trinajstić information content (AvgIpc) is 3.18. The number of piperazine rings is 1. The van der Waals surface area contributed by atoms with Gasteiger partial charge >= 0.3 is 0 Å². The van der Waals surface area contributed by atoms with Crippen LogP contribution in [0.3, 0.4) is 0 Å². The second kappa shape index (κ2) is 10.6. The monoisotopic (exact) mass is 487 g/mol. The van der Waals surface area contributed by atoms with Gasteiger partial charge in [-0.2, -0.15) is 0 Å². The van der Waals surface area contributed by atoms with Crippen LogP contribution in [0.2, 0.25) is 0 Å². The fourth-order valence-electron chi connectivity index (χ4n) is 5.65. The minimum atomic E-state index is -0.275. The summed E-state index contributed by atoms with van der Waals surface area (Å²) in [6, 6.07) is 15.0. The molecule has 0 bridgehead atoms. The lowest BCUT2D eigenvalue weighted by Crippen LogP contribution is -2.50. The first-order valence-corrected chi connectivity index (χ1v) is 13.2.